The molecule has 2 N–H and O–H groups in total. The molecule has 1 unspecified atom stereocenters. The van der Waals surface area contributed by atoms with Gasteiger partial charge in [0.25, 0.3) is 5.91 Å². The van der Waals surface area contributed by atoms with Gasteiger partial charge in [0.2, 0.25) is 15.9 Å². The van der Waals surface area contributed by atoms with Crippen LogP contribution in [0.15, 0.2) is 15.5 Å². The van der Waals surface area contributed by atoms with E-state index < -0.39 is 21.8 Å². The van der Waals surface area contributed by atoms with Crippen molar-refractivity contribution in [2.24, 2.45) is 5.92 Å². The first-order chi connectivity index (χ1) is 15.3. The quantitative estimate of drug-likeness (QED) is 0.512. The van der Waals surface area contributed by atoms with Crippen molar-refractivity contribution in [2.45, 2.75) is 63.7 Å². The molecule has 11 heteroatoms. The first-order valence-corrected chi connectivity index (χ1v) is 13.2. The van der Waals surface area contributed by atoms with Crippen LogP contribution in [0.25, 0.3) is 0 Å². The van der Waals surface area contributed by atoms with E-state index in [4.69, 9.17) is 4.52 Å². The number of hydrogen-bond acceptors (Lipinski definition) is 7. The Kier molecular flexibility index (Phi) is 6.68. The number of aryl methyl sites for hydroxylation is 4. The lowest BCUT2D eigenvalue weighted by atomic mass is 9.99. The Hall–Kier alpha value is -2.24. The maximum absolute atomic E-state index is 13.1. The van der Waals surface area contributed by atoms with Crippen molar-refractivity contribution >= 4 is 33.2 Å². The Morgan fingerprint density at radius 3 is 2.69 bits per heavy atom. The maximum atomic E-state index is 13.1. The summed E-state index contributed by atoms with van der Waals surface area (Å²) in [4.78, 5) is 27.1. The highest BCUT2D eigenvalue weighted by atomic mass is 32.2. The fourth-order valence-corrected chi connectivity index (χ4v) is 7.37. The van der Waals surface area contributed by atoms with Gasteiger partial charge >= 0.3 is 0 Å². The van der Waals surface area contributed by atoms with Gasteiger partial charge in [0.15, 0.2) is 5.76 Å². The fourth-order valence-electron chi connectivity index (χ4n) is 4.41. The second-order valence-electron chi connectivity index (χ2n) is 8.42. The molecule has 0 bridgehead atoms. The monoisotopic (exact) mass is 480 g/mol. The third-order valence-corrected chi connectivity index (χ3v) is 9.44. The smallest absolute Gasteiger partial charge is 0.279 e. The molecule has 4 rings (SSSR count). The lowest BCUT2D eigenvalue weighted by Crippen LogP contribution is -2.50. The van der Waals surface area contributed by atoms with Crippen LogP contribution < -0.4 is 10.9 Å². The van der Waals surface area contributed by atoms with Crippen molar-refractivity contribution in [1.29, 1.82) is 0 Å². The van der Waals surface area contributed by atoms with Gasteiger partial charge in [-0.2, -0.15) is 4.31 Å². The number of fused-ring (bicyclic) bond motifs is 1. The number of hydrogen-bond donors (Lipinski definition) is 2. The van der Waals surface area contributed by atoms with E-state index in [2.05, 4.69) is 16.0 Å². The summed E-state index contributed by atoms with van der Waals surface area (Å²) in [6.45, 7) is 3.50. The molecule has 2 aromatic heterocycles. The second kappa shape index (κ2) is 9.32. The lowest BCUT2D eigenvalue weighted by molar-refractivity contribution is -0.126. The maximum Gasteiger partial charge on any atom is 0.279 e. The fraction of sp³-hybridized carbons (Fsp3) is 0.571. The SMILES string of the molecule is Cc1noc(C)c1S(=O)(=O)N1CCCC(C(=O)NNC(=O)c2cc3c(s2)CCCCC3)C1. The van der Waals surface area contributed by atoms with Crippen LogP contribution in [0.4, 0.5) is 0 Å². The number of rotatable bonds is 4. The topological polar surface area (TPSA) is 122 Å². The van der Waals surface area contributed by atoms with E-state index in [1.165, 1.54) is 32.5 Å². The van der Waals surface area contributed by atoms with Crippen LogP contribution in [0.5, 0.6) is 0 Å². The van der Waals surface area contributed by atoms with E-state index in [0.717, 1.165) is 25.7 Å². The normalized spacial score (nSPS) is 19.8. The average molecular weight is 481 g/mol. The molecule has 0 radical (unpaired) electrons. The minimum absolute atomic E-state index is 0.0431. The number of carbonyl (C=O) groups is 2. The zero-order valence-corrected chi connectivity index (χ0v) is 19.9. The standard InChI is InChI=1S/C21H28N4O5S2/c1-13-19(14(2)30-24-13)32(28,29)25-10-6-8-16(12-25)20(26)22-23-21(27)18-11-15-7-4-3-5-9-17(15)31-18/h11,16H,3-10,12H2,1-2H3,(H,22,26)(H,23,27). The minimum Gasteiger partial charge on any atom is -0.360 e. The van der Waals surface area contributed by atoms with Crippen LogP contribution in [0, 0.1) is 19.8 Å². The van der Waals surface area contributed by atoms with Crippen molar-refractivity contribution in [3.8, 4) is 0 Å². The van der Waals surface area contributed by atoms with Gasteiger partial charge in [-0.3, -0.25) is 20.4 Å². The Labute approximate surface area is 191 Å². The van der Waals surface area contributed by atoms with E-state index in [1.807, 2.05) is 6.07 Å². The van der Waals surface area contributed by atoms with Gasteiger partial charge in [-0.1, -0.05) is 11.6 Å². The number of amides is 2. The molecule has 0 spiro atoms. The highest BCUT2D eigenvalue weighted by Crippen LogP contribution is 2.29. The molecule has 1 saturated heterocycles. The van der Waals surface area contributed by atoms with Crippen LogP contribution in [-0.2, 0) is 27.7 Å². The molecule has 2 aliphatic rings. The third-order valence-electron chi connectivity index (χ3n) is 6.09. The summed E-state index contributed by atoms with van der Waals surface area (Å²) < 4.78 is 32.4. The summed E-state index contributed by atoms with van der Waals surface area (Å²) >= 11 is 1.48. The van der Waals surface area contributed by atoms with E-state index in [9.17, 15) is 18.0 Å². The zero-order chi connectivity index (χ0) is 22.9. The molecule has 1 atom stereocenters. The van der Waals surface area contributed by atoms with Gasteiger partial charge < -0.3 is 4.52 Å². The van der Waals surface area contributed by atoms with Crippen molar-refractivity contribution in [3.05, 3.63) is 32.8 Å². The molecule has 32 heavy (non-hydrogen) atoms. The summed E-state index contributed by atoms with van der Waals surface area (Å²) in [5.41, 5.74) is 6.52. The zero-order valence-electron chi connectivity index (χ0n) is 18.3. The Bertz CT molecular complexity index is 1080. The Morgan fingerprint density at radius 2 is 1.94 bits per heavy atom. The summed E-state index contributed by atoms with van der Waals surface area (Å²) in [5.74, 6) is -1.06. The molecule has 2 amide bonds. The predicted molar refractivity (Wildman–Crippen MR) is 119 cm³/mol. The molecule has 3 heterocycles. The summed E-state index contributed by atoms with van der Waals surface area (Å²) in [5, 5.41) is 3.73. The molecule has 174 valence electrons. The number of thiophene rings is 1. The van der Waals surface area contributed by atoms with Gasteiger partial charge in [-0.25, -0.2) is 8.42 Å². The number of sulfonamides is 1. The molecule has 0 aromatic carbocycles. The van der Waals surface area contributed by atoms with Crippen LogP contribution in [0.1, 0.15) is 63.7 Å². The van der Waals surface area contributed by atoms with Crippen LogP contribution in [0.3, 0.4) is 0 Å². The van der Waals surface area contributed by atoms with Crippen molar-refractivity contribution in [2.75, 3.05) is 13.1 Å². The van der Waals surface area contributed by atoms with E-state index in [-0.39, 0.29) is 23.1 Å². The van der Waals surface area contributed by atoms with E-state index in [1.54, 1.807) is 13.8 Å². The summed E-state index contributed by atoms with van der Waals surface area (Å²) in [6, 6.07) is 1.92. The van der Waals surface area contributed by atoms with Gasteiger partial charge in [0.1, 0.15) is 10.6 Å². The highest BCUT2D eigenvalue weighted by Gasteiger charge is 2.36. The van der Waals surface area contributed by atoms with Crippen molar-refractivity contribution in [1.82, 2.24) is 20.3 Å². The minimum atomic E-state index is -3.81. The van der Waals surface area contributed by atoms with E-state index in [0.29, 0.717) is 30.0 Å². The Balaban J connectivity index is 1.37. The number of aromatic nitrogens is 1. The third kappa shape index (κ3) is 4.60. The molecule has 1 fully saturated rings. The van der Waals surface area contributed by atoms with Gasteiger partial charge in [0, 0.05) is 18.0 Å². The van der Waals surface area contributed by atoms with Gasteiger partial charge in [-0.15, -0.1) is 11.3 Å². The first kappa shape index (κ1) is 22.9. The van der Waals surface area contributed by atoms with Crippen LogP contribution in [-0.4, -0.2) is 42.8 Å². The molecule has 0 saturated carbocycles. The molecule has 9 nitrogen and oxygen atoms in total. The first-order valence-electron chi connectivity index (χ1n) is 10.9. The molecular weight excluding hydrogens is 452 g/mol. The average Bonchev–Trinajstić information content (AvgIpc) is 3.27. The molecular formula is C21H28N4O5S2. The number of nitrogens with one attached hydrogen (secondary N) is 2. The van der Waals surface area contributed by atoms with E-state index >= 15 is 0 Å². The predicted octanol–water partition coefficient (Wildman–Crippen LogP) is 2.48. The number of nitrogens with zero attached hydrogens (tertiary/aromatic N) is 2. The lowest BCUT2D eigenvalue weighted by Gasteiger charge is -2.31. The highest BCUT2D eigenvalue weighted by molar-refractivity contribution is 7.89. The molecule has 1 aliphatic carbocycles. The number of carbonyl (C=O) groups excluding carboxylic acids is 2. The van der Waals surface area contributed by atoms with Crippen molar-refractivity contribution < 1.29 is 22.5 Å². The summed E-state index contributed by atoms with van der Waals surface area (Å²) in [7, 11) is -3.81. The largest absolute Gasteiger partial charge is 0.360 e. The Morgan fingerprint density at radius 1 is 1.16 bits per heavy atom. The summed E-state index contributed by atoms with van der Waals surface area (Å²) in [6.07, 6.45) is 6.56. The van der Waals surface area contributed by atoms with Crippen molar-refractivity contribution in [3.63, 3.8) is 0 Å². The molecule has 2 aromatic rings. The number of piperidine rings is 1. The number of hydrazine groups is 1. The van der Waals surface area contributed by atoms with Crippen LogP contribution in [0.2, 0.25) is 0 Å². The molecule has 1 aliphatic heterocycles. The second-order valence-corrected chi connectivity index (χ2v) is 11.4. The van der Waals surface area contributed by atoms with Gasteiger partial charge in [0.05, 0.1) is 10.8 Å². The van der Waals surface area contributed by atoms with Gasteiger partial charge in [-0.05, 0) is 64.0 Å². The van der Waals surface area contributed by atoms with Crippen LogP contribution >= 0.6 is 11.3 Å².